The number of imide groups is 1. The monoisotopic (exact) mass is 450 g/mol. The van der Waals surface area contributed by atoms with Gasteiger partial charge in [0.15, 0.2) is 11.5 Å². The maximum absolute atomic E-state index is 13.2. The van der Waals surface area contributed by atoms with Gasteiger partial charge in [-0.15, -0.1) is 0 Å². The number of amides is 2. The van der Waals surface area contributed by atoms with E-state index in [-0.39, 0.29) is 17.9 Å². The van der Waals surface area contributed by atoms with Crippen molar-refractivity contribution in [1.29, 1.82) is 0 Å². The van der Waals surface area contributed by atoms with Crippen molar-refractivity contribution >= 4 is 17.5 Å². The van der Waals surface area contributed by atoms with E-state index in [4.69, 9.17) is 14.2 Å². The molecule has 0 bridgehead atoms. The lowest BCUT2D eigenvalue weighted by atomic mass is 10.1. The Bertz CT molecular complexity index is 1040. The van der Waals surface area contributed by atoms with Crippen LogP contribution in [0.4, 0.5) is 5.69 Å². The molecule has 0 N–H and O–H groups in total. The molecule has 2 amide bonds. The second-order valence-electron chi connectivity index (χ2n) is 8.91. The number of hydrogen-bond acceptors (Lipinski definition) is 6. The van der Waals surface area contributed by atoms with Crippen LogP contribution in [0.1, 0.15) is 59.2 Å². The third kappa shape index (κ3) is 4.42. The smallest absolute Gasteiger partial charge is 0.266 e. The predicted molar refractivity (Wildman–Crippen MR) is 125 cm³/mol. The van der Waals surface area contributed by atoms with Crippen LogP contribution in [0.25, 0.3) is 0 Å². The first-order valence-electron chi connectivity index (χ1n) is 11.9. The Balaban J connectivity index is 1.31. The first-order chi connectivity index (χ1) is 16.1. The van der Waals surface area contributed by atoms with Crippen LogP contribution in [-0.2, 0) is 0 Å². The molecule has 174 valence electrons. The van der Waals surface area contributed by atoms with Crippen LogP contribution in [0.2, 0.25) is 0 Å². The molecule has 0 unspecified atom stereocenters. The molecule has 7 heteroatoms. The summed E-state index contributed by atoms with van der Waals surface area (Å²) in [6.45, 7) is 3.67. The molecule has 5 rings (SSSR count). The maximum atomic E-state index is 13.2. The molecule has 33 heavy (non-hydrogen) atoms. The fraction of sp³-hybridized carbons (Fsp3) is 0.462. The maximum Gasteiger partial charge on any atom is 0.266 e. The topological polar surface area (TPSA) is 68.3 Å². The predicted octanol–water partition coefficient (Wildman–Crippen LogP) is 4.29. The molecule has 2 fully saturated rings. The van der Waals surface area contributed by atoms with Crippen molar-refractivity contribution < 1.29 is 23.8 Å². The van der Waals surface area contributed by atoms with E-state index in [2.05, 4.69) is 4.90 Å². The summed E-state index contributed by atoms with van der Waals surface area (Å²) in [5, 5.41) is 0. The lowest BCUT2D eigenvalue weighted by Crippen LogP contribution is -2.29. The first-order valence-corrected chi connectivity index (χ1v) is 11.9. The molecule has 7 nitrogen and oxygen atoms in total. The normalized spacial score (nSPS) is 18.8. The number of rotatable bonds is 8. The zero-order valence-corrected chi connectivity index (χ0v) is 19.0. The van der Waals surface area contributed by atoms with Crippen molar-refractivity contribution in [3.8, 4) is 17.2 Å². The van der Waals surface area contributed by atoms with E-state index in [9.17, 15) is 9.59 Å². The second-order valence-corrected chi connectivity index (χ2v) is 8.91. The number of nitrogens with zero attached hydrogens (tertiary/aromatic N) is 2. The lowest BCUT2D eigenvalue weighted by molar-refractivity contribution is 0.0926. The third-order valence-electron chi connectivity index (χ3n) is 6.73. The van der Waals surface area contributed by atoms with Gasteiger partial charge < -0.3 is 14.2 Å². The van der Waals surface area contributed by atoms with E-state index in [1.54, 1.807) is 43.5 Å². The van der Waals surface area contributed by atoms with Gasteiger partial charge in [0.1, 0.15) is 12.4 Å². The zero-order valence-electron chi connectivity index (χ0n) is 19.0. The highest BCUT2D eigenvalue weighted by molar-refractivity contribution is 6.34. The summed E-state index contributed by atoms with van der Waals surface area (Å²) in [6.07, 6.45) is 7.07. The fourth-order valence-corrected chi connectivity index (χ4v) is 4.93. The van der Waals surface area contributed by atoms with Crippen molar-refractivity contribution in [3.63, 3.8) is 0 Å². The van der Waals surface area contributed by atoms with E-state index in [0.29, 0.717) is 40.7 Å². The molecule has 0 atom stereocenters. The minimum absolute atomic E-state index is 0.189. The summed E-state index contributed by atoms with van der Waals surface area (Å²) in [5.41, 5.74) is 1.23. The molecular weight excluding hydrogens is 420 g/mol. The van der Waals surface area contributed by atoms with Gasteiger partial charge in [0.2, 0.25) is 0 Å². The molecule has 0 radical (unpaired) electrons. The Hall–Kier alpha value is -3.06. The van der Waals surface area contributed by atoms with Crippen LogP contribution in [0.3, 0.4) is 0 Å². The molecule has 2 aromatic carbocycles. The number of ether oxygens (including phenoxy) is 3. The Morgan fingerprint density at radius 1 is 0.879 bits per heavy atom. The van der Waals surface area contributed by atoms with Crippen LogP contribution >= 0.6 is 0 Å². The molecule has 0 aromatic heterocycles. The largest absolute Gasteiger partial charge is 0.493 e. The highest BCUT2D eigenvalue weighted by Crippen LogP contribution is 2.37. The number of hydrogen-bond donors (Lipinski definition) is 0. The standard InChI is InChI=1S/C26H30N2O5/c1-31-24-16-18(8-11-23(24)32-15-14-27-12-4-5-13-27)28-25(29)21-10-9-20(17-22(21)26(28)30)33-19-6-2-3-7-19/h8-11,16-17,19H,2-7,12-15H2,1H3. The lowest BCUT2D eigenvalue weighted by Gasteiger charge is -2.18. The van der Waals surface area contributed by atoms with Crippen molar-refractivity contribution in [2.24, 2.45) is 0 Å². The van der Waals surface area contributed by atoms with Crippen LogP contribution in [-0.4, -0.2) is 56.2 Å². The zero-order chi connectivity index (χ0) is 22.8. The van der Waals surface area contributed by atoms with Crippen LogP contribution < -0.4 is 19.1 Å². The average Bonchev–Trinajstić information content (AvgIpc) is 3.58. The molecule has 1 aliphatic carbocycles. The molecule has 2 aromatic rings. The number of likely N-dealkylation sites (tertiary alicyclic amines) is 1. The summed E-state index contributed by atoms with van der Waals surface area (Å²) in [4.78, 5) is 29.8. The van der Waals surface area contributed by atoms with Gasteiger partial charge in [-0.25, -0.2) is 4.90 Å². The number of anilines is 1. The highest BCUT2D eigenvalue weighted by Gasteiger charge is 2.37. The average molecular weight is 451 g/mol. The quantitative estimate of drug-likeness (QED) is 0.559. The molecule has 1 saturated heterocycles. The van der Waals surface area contributed by atoms with E-state index >= 15 is 0 Å². The second kappa shape index (κ2) is 9.43. The van der Waals surface area contributed by atoms with Gasteiger partial charge >= 0.3 is 0 Å². The summed E-state index contributed by atoms with van der Waals surface area (Å²) in [7, 11) is 1.56. The number of carbonyl (C=O) groups is 2. The summed E-state index contributed by atoms with van der Waals surface area (Å²) >= 11 is 0. The van der Waals surface area contributed by atoms with E-state index in [1.165, 1.54) is 30.6 Å². The number of fused-ring (bicyclic) bond motifs is 1. The number of carbonyl (C=O) groups excluding carboxylic acids is 2. The number of methoxy groups -OCH3 is 1. The first kappa shape index (κ1) is 21.8. The van der Waals surface area contributed by atoms with Crippen molar-refractivity contribution in [2.45, 2.75) is 44.6 Å². The Morgan fingerprint density at radius 2 is 1.64 bits per heavy atom. The van der Waals surface area contributed by atoms with Crippen molar-refractivity contribution in [1.82, 2.24) is 4.90 Å². The van der Waals surface area contributed by atoms with Crippen LogP contribution in [0.15, 0.2) is 36.4 Å². The fourth-order valence-electron chi connectivity index (χ4n) is 4.93. The van der Waals surface area contributed by atoms with Crippen LogP contribution in [0.5, 0.6) is 17.2 Å². The Kier molecular flexibility index (Phi) is 6.22. The summed E-state index contributed by atoms with van der Waals surface area (Å²) in [6, 6.07) is 10.3. The molecule has 1 saturated carbocycles. The minimum atomic E-state index is -0.350. The Labute approximate surface area is 194 Å². The van der Waals surface area contributed by atoms with Gasteiger partial charge in [-0.2, -0.15) is 0 Å². The Morgan fingerprint density at radius 3 is 2.39 bits per heavy atom. The summed E-state index contributed by atoms with van der Waals surface area (Å²) in [5.74, 6) is 1.05. The molecular formula is C26H30N2O5. The molecule has 2 aliphatic heterocycles. The van der Waals surface area contributed by atoms with Crippen molar-refractivity contribution in [3.05, 3.63) is 47.5 Å². The van der Waals surface area contributed by atoms with Gasteiger partial charge in [-0.3, -0.25) is 14.5 Å². The van der Waals surface area contributed by atoms with E-state index in [0.717, 1.165) is 32.5 Å². The van der Waals surface area contributed by atoms with Gasteiger partial charge in [0.05, 0.1) is 30.0 Å². The van der Waals surface area contributed by atoms with Gasteiger partial charge in [0, 0.05) is 12.6 Å². The molecule has 0 spiro atoms. The third-order valence-corrected chi connectivity index (χ3v) is 6.73. The van der Waals surface area contributed by atoms with Gasteiger partial charge in [-0.1, -0.05) is 0 Å². The minimum Gasteiger partial charge on any atom is -0.493 e. The van der Waals surface area contributed by atoms with Crippen molar-refractivity contribution in [2.75, 3.05) is 38.3 Å². The van der Waals surface area contributed by atoms with Gasteiger partial charge in [-0.05, 0) is 81.9 Å². The molecule has 3 aliphatic rings. The summed E-state index contributed by atoms with van der Waals surface area (Å²) < 4.78 is 17.5. The highest BCUT2D eigenvalue weighted by atomic mass is 16.5. The van der Waals surface area contributed by atoms with E-state index < -0.39 is 0 Å². The van der Waals surface area contributed by atoms with Crippen LogP contribution in [0, 0.1) is 0 Å². The van der Waals surface area contributed by atoms with Gasteiger partial charge in [0.25, 0.3) is 11.8 Å². The van der Waals surface area contributed by atoms with E-state index in [1.807, 2.05) is 0 Å². The number of benzene rings is 2. The molecule has 2 heterocycles. The SMILES string of the molecule is COc1cc(N2C(=O)c3ccc(OC4CCCC4)cc3C2=O)ccc1OCCN1CCCC1.